The summed E-state index contributed by atoms with van der Waals surface area (Å²) in [5.74, 6) is -0.434. The lowest BCUT2D eigenvalue weighted by molar-refractivity contribution is -0.000741. The monoisotopic (exact) mass is 544 g/mol. The molecule has 1 heterocycles. The maximum atomic E-state index is 15.1. The average molecular weight is 545 g/mol. The fourth-order valence-corrected chi connectivity index (χ4v) is 4.54. The summed E-state index contributed by atoms with van der Waals surface area (Å²) >= 11 is 0. The fraction of sp³-hybridized carbons (Fsp3) is 0.531. The van der Waals surface area contributed by atoms with E-state index in [0.717, 1.165) is 67.4 Å². The minimum atomic E-state index is -3.77. The molecular weight excluding hydrogens is 497 g/mol. The van der Waals surface area contributed by atoms with E-state index >= 15 is 4.39 Å². The molecule has 0 spiro atoms. The van der Waals surface area contributed by atoms with Crippen LogP contribution >= 0.6 is 0 Å². The third-order valence-corrected chi connectivity index (χ3v) is 7.64. The number of aliphatic imine (C=N–C) groups is 1. The van der Waals surface area contributed by atoms with Gasteiger partial charge in [-0.25, -0.2) is 4.39 Å². The Hall–Kier alpha value is -2.80. The first kappa shape index (κ1) is 32.4. The summed E-state index contributed by atoms with van der Waals surface area (Å²) in [7, 11) is 0. The van der Waals surface area contributed by atoms with Gasteiger partial charge in [0.05, 0.1) is 12.1 Å². The average Bonchev–Trinajstić information content (AvgIpc) is 2.90. The summed E-state index contributed by atoms with van der Waals surface area (Å²) in [5.41, 5.74) is 11.9. The highest BCUT2D eigenvalue weighted by atomic mass is 19.3. The number of piperidine rings is 1. The smallest absolute Gasteiger partial charge is 0.329 e. The third-order valence-electron chi connectivity index (χ3n) is 7.64. The van der Waals surface area contributed by atoms with Crippen LogP contribution in [0.2, 0.25) is 0 Å². The van der Waals surface area contributed by atoms with Crippen molar-refractivity contribution in [1.29, 1.82) is 0 Å². The lowest BCUT2D eigenvalue weighted by atomic mass is 9.96. The molecule has 0 saturated carbocycles. The van der Waals surface area contributed by atoms with E-state index < -0.39 is 17.4 Å². The molecule has 0 atom stereocenters. The van der Waals surface area contributed by atoms with Gasteiger partial charge in [-0.2, -0.15) is 8.78 Å². The number of benzene rings is 1. The van der Waals surface area contributed by atoms with Crippen molar-refractivity contribution in [2.75, 3.05) is 13.1 Å². The zero-order valence-electron chi connectivity index (χ0n) is 25.1. The van der Waals surface area contributed by atoms with E-state index in [1.807, 2.05) is 6.92 Å². The van der Waals surface area contributed by atoms with E-state index in [9.17, 15) is 8.78 Å². The van der Waals surface area contributed by atoms with E-state index in [4.69, 9.17) is 10.7 Å². The van der Waals surface area contributed by atoms with E-state index in [-0.39, 0.29) is 12.1 Å². The summed E-state index contributed by atoms with van der Waals surface area (Å²) in [6, 6.07) is 0.119. The molecule has 1 aliphatic rings. The molecule has 4 nitrogen and oxygen atoms in total. The third kappa shape index (κ3) is 8.85. The van der Waals surface area contributed by atoms with Gasteiger partial charge in [-0.1, -0.05) is 42.7 Å². The lowest BCUT2D eigenvalue weighted by Crippen LogP contribution is -2.31. The van der Waals surface area contributed by atoms with Crippen molar-refractivity contribution < 1.29 is 13.2 Å². The highest BCUT2D eigenvalue weighted by molar-refractivity contribution is 6.03. The first-order chi connectivity index (χ1) is 18.3. The molecule has 39 heavy (non-hydrogen) atoms. The topological polar surface area (TPSA) is 53.6 Å². The Balaban J connectivity index is 2.76. The summed E-state index contributed by atoms with van der Waals surface area (Å²) < 4.78 is 42.7. The van der Waals surface area contributed by atoms with Crippen LogP contribution in [0, 0.1) is 5.82 Å². The first-order valence-electron chi connectivity index (χ1n) is 14.0. The fourth-order valence-electron chi connectivity index (χ4n) is 4.54. The predicted octanol–water partition coefficient (Wildman–Crippen LogP) is 8.48. The Bertz CT molecular complexity index is 1160. The summed E-state index contributed by atoms with van der Waals surface area (Å²) in [6.07, 6.45) is 7.47. The molecule has 3 N–H and O–H groups in total. The Kier molecular flexibility index (Phi) is 12.1. The molecule has 0 unspecified atom stereocenters. The number of hydrogen-bond donors (Lipinski definition) is 2. The second-order valence-corrected chi connectivity index (χ2v) is 10.7. The molecule has 0 aliphatic carbocycles. The van der Waals surface area contributed by atoms with Crippen molar-refractivity contribution in [2.45, 2.75) is 100 Å². The van der Waals surface area contributed by atoms with Crippen molar-refractivity contribution in [3.8, 4) is 0 Å². The normalized spacial score (nSPS) is 16.6. The van der Waals surface area contributed by atoms with Gasteiger partial charge in [0, 0.05) is 35.6 Å². The second-order valence-electron chi connectivity index (χ2n) is 10.7. The molecule has 1 aliphatic heterocycles. The predicted molar refractivity (Wildman–Crippen MR) is 158 cm³/mol. The highest BCUT2D eigenvalue weighted by Crippen LogP contribution is 2.28. The molecule has 0 bridgehead atoms. The molecule has 7 heteroatoms. The molecule has 1 fully saturated rings. The largest absolute Gasteiger partial charge is 0.372 e. The van der Waals surface area contributed by atoms with Crippen molar-refractivity contribution in [1.82, 2.24) is 10.2 Å². The van der Waals surface area contributed by atoms with Gasteiger partial charge in [-0.3, -0.25) is 10.7 Å². The van der Waals surface area contributed by atoms with Crippen LogP contribution in [-0.2, 0) is 12.6 Å². The van der Waals surface area contributed by atoms with E-state index in [1.54, 1.807) is 0 Å². The molecule has 1 aromatic rings. The minimum absolute atomic E-state index is 0.0671. The van der Waals surface area contributed by atoms with Crippen LogP contribution in [0.1, 0.15) is 98.6 Å². The summed E-state index contributed by atoms with van der Waals surface area (Å²) in [5, 5.41) is 3.50. The number of rotatable bonds is 10. The van der Waals surface area contributed by atoms with Gasteiger partial charge in [0.2, 0.25) is 0 Å². The van der Waals surface area contributed by atoms with Crippen LogP contribution in [-0.4, -0.2) is 23.8 Å². The number of alkyl halides is 2. The molecular formula is C32H47F3N4. The molecule has 216 valence electrons. The number of nitrogens with zero attached hydrogens (tertiary/aromatic N) is 2. The van der Waals surface area contributed by atoms with Crippen molar-refractivity contribution in [3.63, 3.8) is 0 Å². The Morgan fingerprint density at radius 2 is 1.62 bits per heavy atom. The van der Waals surface area contributed by atoms with Gasteiger partial charge in [0.15, 0.2) is 0 Å². The van der Waals surface area contributed by atoms with Crippen LogP contribution in [0.4, 0.5) is 13.2 Å². The second kappa shape index (κ2) is 14.5. The Morgan fingerprint density at radius 3 is 2.15 bits per heavy atom. The standard InChI is InChI=1S/C32H47F3N4/c1-9-22(5)24(7)27(19-29(21(3)4)39-17-12-11-13-18-39)31(38-25(8)23(6)10-2)37-20-26-15-14-16-28(30(26)33)32(34,35)36/h14-16,19H,9-13,17-18,20,36H2,1-8H3,(H,37,38)/b24-22?,25-23?,27-19+. The number of likely N-dealkylation sites (tertiary alicyclic amines) is 1. The van der Waals surface area contributed by atoms with Gasteiger partial charge < -0.3 is 10.2 Å². The molecule has 2 rings (SSSR count). The van der Waals surface area contributed by atoms with Crippen LogP contribution in [0.5, 0.6) is 0 Å². The van der Waals surface area contributed by atoms with Crippen LogP contribution < -0.4 is 11.1 Å². The molecule has 0 radical (unpaired) electrons. The molecule has 1 aromatic carbocycles. The van der Waals surface area contributed by atoms with Crippen molar-refractivity contribution in [2.24, 2.45) is 10.7 Å². The lowest BCUT2D eigenvalue weighted by Gasteiger charge is -2.31. The van der Waals surface area contributed by atoms with Gasteiger partial charge in [0.25, 0.3) is 0 Å². The Morgan fingerprint density at radius 1 is 1.00 bits per heavy atom. The minimum Gasteiger partial charge on any atom is -0.372 e. The highest BCUT2D eigenvalue weighted by Gasteiger charge is 2.30. The summed E-state index contributed by atoms with van der Waals surface area (Å²) in [6.45, 7) is 18.6. The van der Waals surface area contributed by atoms with Crippen molar-refractivity contribution in [3.05, 3.63) is 80.5 Å². The van der Waals surface area contributed by atoms with Crippen LogP contribution in [0.15, 0.2) is 68.5 Å². The van der Waals surface area contributed by atoms with Crippen LogP contribution in [0.25, 0.3) is 0 Å². The van der Waals surface area contributed by atoms with E-state index in [1.165, 1.54) is 35.3 Å². The zero-order chi connectivity index (χ0) is 29.3. The molecule has 1 saturated heterocycles. The van der Waals surface area contributed by atoms with E-state index in [0.29, 0.717) is 5.84 Å². The zero-order valence-corrected chi connectivity index (χ0v) is 25.1. The van der Waals surface area contributed by atoms with Gasteiger partial charge >= 0.3 is 6.05 Å². The molecule has 0 aromatic heterocycles. The number of amidine groups is 1. The van der Waals surface area contributed by atoms with Gasteiger partial charge in [0.1, 0.15) is 11.7 Å². The number of nitrogens with two attached hydrogens (primary N) is 1. The molecule has 0 amide bonds. The maximum absolute atomic E-state index is 15.1. The van der Waals surface area contributed by atoms with Gasteiger partial charge in [-0.05, 0) is 91.4 Å². The SMILES string of the molecule is CCC(C)=C(C)NC(=NCc1cccc(C(N)(F)F)c1F)/C(=C/C(=C(C)C)N1CCCCC1)C(C)=C(C)CC. The number of hydrogen-bond acceptors (Lipinski definition) is 3. The maximum Gasteiger partial charge on any atom is 0.329 e. The number of nitrogens with one attached hydrogen (secondary N) is 1. The quantitative estimate of drug-likeness (QED) is 0.134. The van der Waals surface area contributed by atoms with E-state index in [2.05, 4.69) is 64.8 Å². The van der Waals surface area contributed by atoms with Crippen LogP contribution in [0.3, 0.4) is 0 Å². The number of halogens is 3. The number of allylic oxidation sites excluding steroid dienone is 5. The van der Waals surface area contributed by atoms with Gasteiger partial charge in [-0.15, -0.1) is 0 Å². The Labute approximate surface area is 233 Å². The first-order valence-corrected chi connectivity index (χ1v) is 14.0. The van der Waals surface area contributed by atoms with Crippen molar-refractivity contribution >= 4 is 5.84 Å². The summed E-state index contributed by atoms with van der Waals surface area (Å²) in [4.78, 5) is 7.26.